The molecule has 0 spiro atoms. The number of hydrogen-bond donors (Lipinski definition) is 6. The monoisotopic (exact) mass is 1020 g/mol. The second kappa shape index (κ2) is 51.0. The van der Waals surface area contributed by atoms with Crippen LogP contribution in [0.25, 0.3) is 0 Å². The average Bonchev–Trinajstić information content (AvgIpc) is 3.38. The Morgan fingerprint density at radius 1 is 0.500 bits per heavy atom. The van der Waals surface area contributed by atoms with Crippen LogP contribution in [0, 0.1) is 0 Å². The molecule has 1 amide bonds. The van der Waals surface area contributed by atoms with Crippen molar-refractivity contribution in [2.45, 2.75) is 320 Å². The molecule has 7 unspecified atom stereocenters. The van der Waals surface area contributed by atoms with E-state index in [4.69, 9.17) is 14.2 Å². The highest BCUT2D eigenvalue weighted by Gasteiger charge is 2.44. The average molecular weight is 1020 g/mol. The zero-order chi connectivity index (χ0) is 52.4. The molecular weight excluding hydrogens is 907 g/mol. The zero-order valence-electron chi connectivity index (χ0n) is 46.4. The van der Waals surface area contributed by atoms with Crippen LogP contribution in [0.2, 0.25) is 0 Å². The van der Waals surface area contributed by atoms with E-state index in [-0.39, 0.29) is 18.5 Å². The fraction of sp³-hybridized carbons (Fsp3) is 0.869. The molecule has 0 bridgehead atoms. The normalized spacial score (nSPS) is 19.2. The summed E-state index contributed by atoms with van der Waals surface area (Å²) in [6.07, 6.45) is 52.5. The lowest BCUT2D eigenvalue weighted by molar-refractivity contribution is -0.302. The minimum Gasteiger partial charge on any atom is -0.466 e. The largest absolute Gasteiger partial charge is 0.466 e. The molecule has 11 nitrogen and oxygen atoms in total. The number of carbonyl (C=O) groups excluding carboxylic acids is 2. The van der Waals surface area contributed by atoms with E-state index in [1.807, 2.05) is 6.08 Å². The van der Waals surface area contributed by atoms with E-state index in [1.165, 1.54) is 180 Å². The number of hydrogen-bond acceptors (Lipinski definition) is 10. The third-order valence-corrected chi connectivity index (χ3v) is 14.2. The highest BCUT2D eigenvalue weighted by molar-refractivity contribution is 5.76. The lowest BCUT2D eigenvalue weighted by atomic mass is 9.99. The number of esters is 1. The molecule has 1 fully saturated rings. The van der Waals surface area contributed by atoms with Crippen LogP contribution in [0.5, 0.6) is 0 Å². The topological polar surface area (TPSA) is 175 Å². The van der Waals surface area contributed by atoms with Crippen molar-refractivity contribution in [2.75, 3.05) is 19.8 Å². The van der Waals surface area contributed by atoms with Gasteiger partial charge < -0.3 is 45.1 Å². The highest BCUT2D eigenvalue weighted by Crippen LogP contribution is 2.23. The van der Waals surface area contributed by atoms with E-state index in [9.17, 15) is 35.1 Å². The van der Waals surface area contributed by atoms with Gasteiger partial charge in [-0.2, -0.15) is 0 Å². The molecule has 11 heteroatoms. The first-order chi connectivity index (χ1) is 35.2. The summed E-state index contributed by atoms with van der Waals surface area (Å²) in [5, 5.41) is 54.3. The van der Waals surface area contributed by atoms with Crippen molar-refractivity contribution in [2.24, 2.45) is 0 Å². The fourth-order valence-electron chi connectivity index (χ4n) is 9.39. The summed E-state index contributed by atoms with van der Waals surface area (Å²) in [5.41, 5.74) is 0. The molecule has 1 heterocycles. The van der Waals surface area contributed by atoms with E-state index in [2.05, 4.69) is 43.5 Å². The van der Waals surface area contributed by atoms with E-state index in [0.717, 1.165) is 70.6 Å². The van der Waals surface area contributed by atoms with Gasteiger partial charge in [0.1, 0.15) is 24.4 Å². The van der Waals surface area contributed by atoms with Gasteiger partial charge in [0, 0.05) is 12.8 Å². The van der Waals surface area contributed by atoms with Crippen molar-refractivity contribution < 1.29 is 49.3 Å². The van der Waals surface area contributed by atoms with Gasteiger partial charge in [0.05, 0.1) is 32.0 Å². The molecule has 0 radical (unpaired) electrons. The Morgan fingerprint density at radius 3 is 1.38 bits per heavy atom. The van der Waals surface area contributed by atoms with Gasteiger partial charge in [0.25, 0.3) is 0 Å². The molecule has 1 aliphatic rings. The van der Waals surface area contributed by atoms with Crippen LogP contribution in [0.15, 0.2) is 36.5 Å². The fourth-order valence-corrected chi connectivity index (χ4v) is 9.39. The van der Waals surface area contributed by atoms with Gasteiger partial charge >= 0.3 is 5.97 Å². The molecule has 6 N–H and O–H groups in total. The van der Waals surface area contributed by atoms with Gasteiger partial charge in [-0.15, -0.1) is 0 Å². The molecule has 0 aromatic heterocycles. The predicted molar refractivity (Wildman–Crippen MR) is 297 cm³/mol. The predicted octanol–water partition coefficient (Wildman–Crippen LogP) is 13.9. The Kier molecular flexibility index (Phi) is 48.1. The Labute approximate surface area is 441 Å². The maximum atomic E-state index is 13.0. The van der Waals surface area contributed by atoms with Crippen molar-refractivity contribution in [1.82, 2.24) is 5.32 Å². The zero-order valence-corrected chi connectivity index (χ0v) is 46.4. The first-order valence-electron chi connectivity index (χ1n) is 30.3. The molecule has 1 saturated heterocycles. The Morgan fingerprint density at radius 2 is 0.903 bits per heavy atom. The van der Waals surface area contributed by atoms with Crippen LogP contribution in [-0.2, 0) is 23.8 Å². The van der Waals surface area contributed by atoms with E-state index >= 15 is 0 Å². The molecule has 0 aromatic carbocycles. The van der Waals surface area contributed by atoms with Crippen LogP contribution >= 0.6 is 0 Å². The quantitative estimate of drug-likeness (QED) is 0.0195. The maximum absolute atomic E-state index is 13.0. The molecule has 1 rings (SSSR count). The molecule has 72 heavy (non-hydrogen) atoms. The molecule has 0 aromatic rings. The first-order valence-corrected chi connectivity index (χ1v) is 30.3. The number of ether oxygens (including phenoxy) is 3. The summed E-state index contributed by atoms with van der Waals surface area (Å²) >= 11 is 0. The van der Waals surface area contributed by atoms with Gasteiger partial charge in [-0.3, -0.25) is 9.59 Å². The van der Waals surface area contributed by atoms with Crippen LogP contribution in [-0.4, -0.2) is 100 Å². The van der Waals surface area contributed by atoms with Gasteiger partial charge in [0.15, 0.2) is 6.29 Å². The summed E-state index contributed by atoms with van der Waals surface area (Å²) in [6.45, 7) is 4.30. The highest BCUT2D eigenvalue weighted by atomic mass is 16.7. The number of aliphatic hydroxyl groups excluding tert-OH is 5. The lowest BCUT2D eigenvalue weighted by Gasteiger charge is -2.40. The van der Waals surface area contributed by atoms with Crippen molar-refractivity contribution in [3.05, 3.63) is 36.5 Å². The standard InChI is InChI=1S/C61H113NO10/c1-3-5-7-9-11-13-27-31-35-39-43-47-54(64)53(52-71-61-60(69)59(68)58(67)55(51-63)72-61)62-56(65)48-44-40-36-32-29-25-23-21-19-17-15-16-18-20-22-24-26-30-34-38-42-46-50-70-57(66)49-45-41-37-33-28-14-12-10-8-6-4-2/h17,19,27,31,43,47,53-55,58-61,63-64,67-69H,3-16,18,20-26,28-30,32-42,44-46,48-52H2,1-2H3,(H,62,65)/b19-17-,31-27+,47-43+. The molecular formula is C61H113NO10. The maximum Gasteiger partial charge on any atom is 0.305 e. The minimum absolute atomic E-state index is 0.00351. The van der Waals surface area contributed by atoms with Crippen molar-refractivity contribution in [3.8, 4) is 0 Å². The minimum atomic E-state index is -1.58. The number of unbranched alkanes of at least 4 members (excludes halogenated alkanes) is 34. The van der Waals surface area contributed by atoms with Crippen molar-refractivity contribution in [1.29, 1.82) is 0 Å². The Balaban J connectivity index is 2.06. The van der Waals surface area contributed by atoms with Crippen LogP contribution in [0.3, 0.4) is 0 Å². The van der Waals surface area contributed by atoms with Crippen LogP contribution in [0.4, 0.5) is 0 Å². The molecule has 7 atom stereocenters. The number of rotatable bonds is 52. The number of nitrogens with one attached hydrogen (secondary N) is 1. The number of carbonyl (C=O) groups is 2. The summed E-state index contributed by atoms with van der Waals surface area (Å²) in [4.78, 5) is 25.0. The van der Waals surface area contributed by atoms with E-state index < -0.39 is 49.5 Å². The van der Waals surface area contributed by atoms with Crippen LogP contribution < -0.4 is 5.32 Å². The van der Waals surface area contributed by atoms with Crippen LogP contribution in [0.1, 0.15) is 277 Å². The third kappa shape index (κ3) is 40.2. The van der Waals surface area contributed by atoms with Gasteiger partial charge in [0.2, 0.25) is 5.91 Å². The second-order valence-corrected chi connectivity index (χ2v) is 21.0. The van der Waals surface area contributed by atoms with Gasteiger partial charge in [-0.25, -0.2) is 0 Å². The Hall–Kier alpha value is -2.12. The van der Waals surface area contributed by atoms with Crippen molar-refractivity contribution in [3.63, 3.8) is 0 Å². The third-order valence-electron chi connectivity index (χ3n) is 14.2. The van der Waals surface area contributed by atoms with E-state index in [1.54, 1.807) is 6.08 Å². The Bertz CT molecular complexity index is 1290. The second-order valence-electron chi connectivity index (χ2n) is 21.0. The molecule has 0 aliphatic carbocycles. The van der Waals surface area contributed by atoms with E-state index in [0.29, 0.717) is 19.4 Å². The molecule has 0 saturated carbocycles. The lowest BCUT2D eigenvalue weighted by Crippen LogP contribution is -2.60. The summed E-state index contributed by atoms with van der Waals surface area (Å²) in [7, 11) is 0. The number of allylic oxidation sites excluding steroid dienone is 5. The first kappa shape index (κ1) is 67.9. The molecule has 1 aliphatic heterocycles. The van der Waals surface area contributed by atoms with Gasteiger partial charge in [-0.05, 0) is 70.6 Å². The molecule has 422 valence electrons. The smallest absolute Gasteiger partial charge is 0.305 e. The van der Waals surface area contributed by atoms with Gasteiger partial charge in [-0.1, -0.05) is 230 Å². The summed E-state index contributed by atoms with van der Waals surface area (Å²) < 4.78 is 16.7. The van der Waals surface area contributed by atoms with Crippen molar-refractivity contribution >= 4 is 11.9 Å². The SMILES string of the molecule is CCCCCCC/C=C/CC/C=C/C(O)C(COC1OC(CO)C(O)C(O)C1O)NC(=O)CCCCCCCCC/C=C\CCCCCCCCCCCCCOC(=O)CCCCCCCCCCCCC. The summed E-state index contributed by atoms with van der Waals surface area (Å²) in [5.74, 6) is -0.203. The number of aliphatic hydroxyl groups is 5. The summed E-state index contributed by atoms with van der Waals surface area (Å²) in [6, 6.07) is -0.832. The number of amides is 1.